The molecule has 6 rings (SSSR count). The molecule has 0 saturated carbocycles. The summed E-state index contributed by atoms with van der Waals surface area (Å²) >= 11 is 0. The number of fused-ring (bicyclic) bond motifs is 1. The molecule has 5 aromatic carbocycles. The van der Waals surface area contributed by atoms with Crippen molar-refractivity contribution in [2.75, 3.05) is 0 Å². The predicted molar refractivity (Wildman–Crippen MR) is 165 cm³/mol. The summed E-state index contributed by atoms with van der Waals surface area (Å²) < 4.78 is 93.3. The van der Waals surface area contributed by atoms with Crippen LogP contribution in [0.4, 0.5) is 26.3 Å². The molecule has 0 N–H and O–H groups in total. The van der Waals surface area contributed by atoms with Gasteiger partial charge in [0, 0.05) is 22.5 Å². The van der Waals surface area contributed by atoms with Crippen LogP contribution in [-0.4, -0.2) is 6.18 Å². The van der Waals surface area contributed by atoms with Gasteiger partial charge in [0.15, 0.2) is 5.60 Å². The average molecular weight is 627 g/mol. The summed E-state index contributed by atoms with van der Waals surface area (Å²) in [5.74, 6) is 3.62. The Bertz CT molecular complexity index is 1770. The number of ether oxygens (including phenoxy) is 1. The van der Waals surface area contributed by atoms with E-state index in [9.17, 15) is 13.2 Å². The zero-order valence-electron chi connectivity index (χ0n) is 24.5. The largest absolute Gasteiger partial charge is 0.457 e. The lowest BCUT2D eigenvalue weighted by Crippen LogP contribution is -2.32. The molecule has 1 aliphatic carbocycles. The number of hydrogen-bond acceptors (Lipinski definition) is 1. The third-order valence-electron chi connectivity index (χ3n) is 8.58. The topological polar surface area (TPSA) is 9.23 Å². The lowest BCUT2D eigenvalue weighted by molar-refractivity contribution is -0.140. The van der Waals surface area contributed by atoms with Crippen LogP contribution in [0.15, 0.2) is 133 Å². The molecule has 0 unspecified atom stereocenters. The molecule has 0 saturated heterocycles. The first kappa shape index (κ1) is 31.2. The van der Waals surface area contributed by atoms with E-state index in [-0.39, 0.29) is 22.3 Å². The number of aryl methyl sites for hydroxylation is 1. The Morgan fingerprint density at radius 2 is 1.07 bits per heavy atom. The van der Waals surface area contributed by atoms with Gasteiger partial charge in [0.25, 0.3) is 0 Å². The van der Waals surface area contributed by atoms with Gasteiger partial charge in [-0.25, -0.2) is 0 Å². The van der Waals surface area contributed by atoms with E-state index < -0.39 is 35.5 Å². The molecule has 1 aliphatic rings. The van der Waals surface area contributed by atoms with E-state index in [1.165, 1.54) is 12.0 Å². The predicted octanol–water partition coefficient (Wildman–Crippen LogP) is 10.0. The normalized spacial score (nSPS) is 14.3. The molecular formula is C39H28F6O. The van der Waals surface area contributed by atoms with Crippen LogP contribution in [0, 0.1) is 11.8 Å². The van der Waals surface area contributed by atoms with E-state index in [2.05, 4.69) is 5.92 Å². The fourth-order valence-electron chi connectivity index (χ4n) is 6.67. The van der Waals surface area contributed by atoms with Gasteiger partial charge in [-0.3, -0.25) is 0 Å². The Morgan fingerprint density at radius 3 is 1.52 bits per heavy atom. The van der Waals surface area contributed by atoms with Crippen molar-refractivity contribution >= 4 is 0 Å². The van der Waals surface area contributed by atoms with Gasteiger partial charge in [-0.15, -0.1) is 0 Å². The minimum Gasteiger partial charge on any atom is -0.349 e. The third kappa shape index (κ3) is 5.81. The minimum absolute atomic E-state index is 0.143. The van der Waals surface area contributed by atoms with Crippen LogP contribution >= 0.6 is 0 Å². The lowest BCUT2D eigenvalue weighted by Gasteiger charge is -2.35. The monoisotopic (exact) mass is 626 g/mol. The lowest BCUT2D eigenvalue weighted by atomic mass is 9.68. The number of hydrogen-bond donors (Lipinski definition) is 0. The highest BCUT2D eigenvalue weighted by molar-refractivity contribution is 5.61. The molecule has 0 bridgehead atoms. The van der Waals surface area contributed by atoms with Crippen molar-refractivity contribution in [2.45, 2.75) is 42.8 Å². The summed E-state index contributed by atoms with van der Waals surface area (Å²) in [6, 6.07) is 37.4. The van der Waals surface area contributed by atoms with E-state index >= 15 is 13.2 Å². The fourth-order valence-corrected chi connectivity index (χ4v) is 6.67. The van der Waals surface area contributed by atoms with Gasteiger partial charge in [0.2, 0.25) is 0 Å². The van der Waals surface area contributed by atoms with Crippen LogP contribution in [-0.2, 0) is 35.0 Å². The quantitative estimate of drug-likeness (QED) is 0.129. The maximum Gasteiger partial charge on any atom is 0.457 e. The number of benzene rings is 5. The van der Waals surface area contributed by atoms with Crippen LogP contribution in [0.1, 0.15) is 50.9 Å². The van der Waals surface area contributed by atoms with Crippen LogP contribution < -0.4 is 0 Å². The molecule has 232 valence electrons. The fraction of sp³-hybridized carbons (Fsp3) is 0.179. The van der Waals surface area contributed by atoms with Gasteiger partial charge >= 0.3 is 12.4 Å². The van der Waals surface area contributed by atoms with Gasteiger partial charge < -0.3 is 4.74 Å². The summed E-state index contributed by atoms with van der Waals surface area (Å²) in [5, 5.41) is 0. The van der Waals surface area contributed by atoms with Gasteiger partial charge in [0.1, 0.15) is 0 Å². The number of rotatable bonds is 7. The Morgan fingerprint density at radius 1 is 0.587 bits per heavy atom. The molecule has 0 fully saturated rings. The Kier molecular flexibility index (Phi) is 8.26. The summed E-state index contributed by atoms with van der Waals surface area (Å²) in [4.78, 5) is 0. The first-order valence-electron chi connectivity index (χ1n) is 14.7. The van der Waals surface area contributed by atoms with Crippen molar-refractivity contribution in [3.8, 4) is 11.8 Å². The number of halogens is 6. The first-order valence-corrected chi connectivity index (χ1v) is 14.7. The van der Waals surface area contributed by atoms with E-state index in [4.69, 9.17) is 4.74 Å². The standard InChI is InChI=1S/C39H28F6O/c40-38(41,42)26-25-37(32-17-9-3-10-18-32,33-19-11-4-12-20-33)46-27-29-22-21-28-23-24-36(30-13-5-1-6-14-30,31-15-7-2-8-16-31)34(28)35(29)39(43,44)45/h1-22H,23-24,27H2. The Balaban J connectivity index is 1.57. The molecule has 0 atom stereocenters. The molecule has 5 aromatic rings. The highest BCUT2D eigenvalue weighted by atomic mass is 19.4. The van der Waals surface area contributed by atoms with Gasteiger partial charge in [-0.05, 0) is 46.6 Å². The maximum absolute atomic E-state index is 15.4. The van der Waals surface area contributed by atoms with Crippen molar-refractivity contribution < 1.29 is 31.1 Å². The summed E-state index contributed by atoms with van der Waals surface area (Å²) in [6.45, 7) is -0.655. The molecule has 0 radical (unpaired) electrons. The van der Waals surface area contributed by atoms with E-state index in [0.717, 1.165) is 11.1 Å². The molecule has 0 amide bonds. The van der Waals surface area contributed by atoms with Gasteiger partial charge in [-0.2, -0.15) is 26.3 Å². The van der Waals surface area contributed by atoms with E-state index in [1.54, 1.807) is 66.7 Å². The highest BCUT2D eigenvalue weighted by Crippen LogP contribution is 2.54. The van der Waals surface area contributed by atoms with Crippen molar-refractivity contribution in [2.24, 2.45) is 0 Å². The summed E-state index contributed by atoms with van der Waals surface area (Å²) in [6.07, 6.45) is -8.84. The second kappa shape index (κ2) is 12.2. The zero-order valence-corrected chi connectivity index (χ0v) is 24.5. The molecular weight excluding hydrogens is 598 g/mol. The van der Waals surface area contributed by atoms with Gasteiger partial charge in [-0.1, -0.05) is 133 Å². The summed E-state index contributed by atoms with van der Waals surface area (Å²) in [5.41, 5.74) is -1.47. The molecule has 0 aliphatic heterocycles. The zero-order chi connectivity index (χ0) is 32.4. The second-order valence-electron chi connectivity index (χ2n) is 11.2. The molecule has 1 nitrogen and oxygen atoms in total. The Labute approximate surface area is 263 Å². The minimum atomic E-state index is -4.87. The molecule has 0 heterocycles. The van der Waals surface area contributed by atoms with Crippen LogP contribution in [0.5, 0.6) is 0 Å². The molecule has 0 spiro atoms. The van der Waals surface area contributed by atoms with Crippen molar-refractivity contribution in [3.63, 3.8) is 0 Å². The Hall–Kier alpha value is -4.80. The molecule has 46 heavy (non-hydrogen) atoms. The first-order chi connectivity index (χ1) is 22.0. The van der Waals surface area contributed by atoms with E-state index in [0.29, 0.717) is 18.4 Å². The highest BCUT2D eigenvalue weighted by Gasteiger charge is 2.50. The van der Waals surface area contributed by atoms with Crippen molar-refractivity contribution in [1.29, 1.82) is 0 Å². The average Bonchev–Trinajstić information content (AvgIpc) is 3.46. The van der Waals surface area contributed by atoms with Gasteiger partial charge in [0.05, 0.1) is 12.2 Å². The van der Waals surface area contributed by atoms with E-state index in [1.807, 2.05) is 60.7 Å². The third-order valence-corrected chi connectivity index (χ3v) is 8.58. The van der Waals surface area contributed by atoms with Crippen molar-refractivity contribution in [1.82, 2.24) is 0 Å². The smallest absolute Gasteiger partial charge is 0.349 e. The number of alkyl halides is 6. The van der Waals surface area contributed by atoms with Crippen LogP contribution in [0.3, 0.4) is 0 Å². The maximum atomic E-state index is 15.4. The van der Waals surface area contributed by atoms with Crippen LogP contribution in [0.25, 0.3) is 0 Å². The van der Waals surface area contributed by atoms with Crippen molar-refractivity contribution in [3.05, 3.63) is 178 Å². The SMILES string of the molecule is FC(F)(F)C#CC(OCc1ccc2c(c1C(F)(F)F)C(c1ccccc1)(c1ccccc1)CC2)(c1ccccc1)c1ccccc1. The van der Waals surface area contributed by atoms with Crippen LogP contribution in [0.2, 0.25) is 0 Å². The summed E-state index contributed by atoms with van der Waals surface area (Å²) in [7, 11) is 0. The molecule has 7 heteroatoms. The second-order valence-corrected chi connectivity index (χ2v) is 11.2. The molecule has 0 aromatic heterocycles.